The Kier molecular flexibility index (Phi) is 6.27. The molecule has 3 amide bonds. The molecule has 0 unspecified atom stereocenters. The van der Waals surface area contributed by atoms with Crippen LogP contribution in [0.2, 0.25) is 0 Å². The first-order valence-electron chi connectivity index (χ1n) is 6.95. The number of aliphatic carboxylic acids is 1. The number of carboxylic acid groups (broad SMARTS) is 1. The number of hydrogen-bond acceptors (Lipinski definition) is 3. The minimum absolute atomic E-state index is 0.0779. The number of urea groups is 1. The highest BCUT2D eigenvalue weighted by atomic mass is 16.4. The molecule has 0 aromatic heterocycles. The van der Waals surface area contributed by atoms with Crippen LogP contribution < -0.4 is 16.4 Å². The average Bonchev–Trinajstić information content (AvgIpc) is 2.36. The maximum Gasteiger partial charge on any atom is 0.314 e. The van der Waals surface area contributed by atoms with Crippen molar-refractivity contribution < 1.29 is 19.5 Å². The van der Waals surface area contributed by atoms with Gasteiger partial charge in [-0.25, -0.2) is 4.79 Å². The Labute approximate surface area is 118 Å². The van der Waals surface area contributed by atoms with Crippen molar-refractivity contribution in [3.63, 3.8) is 0 Å². The van der Waals surface area contributed by atoms with Crippen molar-refractivity contribution in [3.05, 3.63) is 0 Å². The monoisotopic (exact) mass is 285 g/mol. The van der Waals surface area contributed by atoms with Crippen molar-refractivity contribution in [2.24, 2.45) is 11.1 Å². The molecule has 1 aliphatic carbocycles. The summed E-state index contributed by atoms with van der Waals surface area (Å²) in [5.41, 5.74) is 4.63. The van der Waals surface area contributed by atoms with Gasteiger partial charge in [0.1, 0.15) is 0 Å². The zero-order valence-corrected chi connectivity index (χ0v) is 11.6. The summed E-state index contributed by atoms with van der Waals surface area (Å²) < 4.78 is 0. The summed E-state index contributed by atoms with van der Waals surface area (Å²) in [4.78, 5) is 33.1. The summed E-state index contributed by atoms with van der Waals surface area (Å²) in [5.74, 6) is -1.30. The van der Waals surface area contributed by atoms with Crippen molar-refractivity contribution >= 4 is 17.9 Å². The molecule has 0 aromatic carbocycles. The smallest absolute Gasteiger partial charge is 0.314 e. The van der Waals surface area contributed by atoms with Gasteiger partial charge in [0.05, 0.1) is 6.42 Å². The Morgan fingerprint density at radius 3 is 2.30 bits per heavy atom. The zero-order chi connectivity index (χ0) is 15.0. The lowest BCUT2D eigenvalue weighted by Gasteiger charge is -2.36. The summed E-state index contributed by atoms with van der Waals surface area (Å²) in [6, 6.07) is -0.387. The Balaban J connectivity index is 2.39. The number of carbonyl (C=O) groups is 3. The Morgan fingerprint density at radius 2 is 1.75 bits per heavy atom. The van der Waals surface area contributed by atoms with Crippen LogP contribution in [0.25, 0.3) is 0 Å². The van der Waals surface area contributed by atoms with Crippen LogP contribution in [0.1, 0.15) is 44.9 Å². The molecule has 0 bridgehead atoms. The first-order valence-corrected chi connectivity index (χ1v) is 6.95. The van der Waals surface area contributed by atoms with E-state index in [1.165, 1.54) is 0 Å². The van der Waals surface area contributed by atoms with Gasteiger partial charge in [-0.15, -0.1) is 0 Å². The van der Waals surface area contributed by atoms with Crippen molar-refractivity contribution in [1.29, 1.82) is 0 Å². The normalized spacial score (nSPS) is 17.2. The second-order valence-electron chi connectivity index (χ2n) is 5.46. The van der Waals surface area contributed by atoms with Gasteiger partial charge in [-0.1, -0.05) is 19.3 Å². The van der Waals surface area contributed by atoms with Gasteiger partial charge >= 0.3 is 12.0 Å². The predicted molar refractivity (Wildman–Crippen MR) is 73.0 cm³/mol. The summed E-state index contributed by atoms with van der Waals surface area (Å²) >= 11 is 0. The first-order chi connectivity index (χ1) is 9.43. The van der Waals surface area contributed by atoms with E-state index in [-0.39, 0.29) is 30.8 Å². The molecule has 0 aliphatic heterocycles. The van der Waals surface area contributed by atoms with E-state index in [1.54, 1.807) is 0 Å². The number of primary amides is 1. The van der Waals surface area contributed by atoms with Crippen molar-refractivity contribution in [3.8, 4) is 0 Å². The van der Waals surface area contributed by atoms with Gasteiger partial charge in [0.25, 0.3) is 0 Å². The minimum Gasteiger partial charge on any atom is -0.481 e. The van der Waals surface area contributed by atoms with Crippen LogP contribution in [0.15, 0.2) is 0 Å². The maximum atomic E-state index is 11.6. The van der Waals surface area contributed by atoms with Crippen molar-refractivity contribution in [2.45, 2.75) is 44.9 Å². The largest absolute Gasteiger partial charge is 0.481 e. The summed E-state index contributed by atoms with van der Waals surface area (Å²) in [5, 5.41) is 14.3. The molecule has 0 spiro atoms. The Hall–Kier alpha value is -1.79. The third-order valence-electron chi connectivity index (χ3n) is 3.72. The molecule has 1 saturated carbocycles. The van der Waals surface area contributed by atoms with Crippen molar-refractivity contribution in [1.82, 2.24) is 10.6 Å². The molecule has 114 valence electrons. The van der Waals surface area contributed by atoms with Gasteiger partial charge in [0.2, 0.25) is 5.91 Å². The molecule has 0 radical (unpaired) electrons. The van der Waals surface area contributed by atoms with Crippen LogP contribution in [-0.2, 0) is 9.59 Å². The fraction of sp³-hybridized carbons (Fsp3) is 0.769. The number of carboxylic acids is 1. The lowest BCUT2D eigenvalue weighted by molar-refractivity contribution is -0.140. The second-order valence-corrected chi connectivity index (χ2v) is 5.46. The first kappa shape index (κ1) is 16.3. The number of nitrogens with one attached hydrogen (secondary N) is 2. The van der Waals surface area contributed by atoms with E-state index in [4.69, 9.17) is 10.8 Å². The highest BCUT2D eigenvalue weighted by molar-refractivity contribution is 5.77. The highest BCUT2D eigenvalue weighted by Crippen LogP contribution is 2.38. The lowest BCUT2D eigenvalue weighted by Crippen LogP contribution is -2.44. The van der Waals surface area contributed by atoms with E-state index >= 15 is 0 Å². The van der Waals surface area contributed by atoms with Gasteiger partial charge < -0.3 is 21.5 Å². The summed E-state index contributed by atoms with van der Waals surface area (Å²) in [6.07, 6.45) is 4.92. The molecule has 7 nitrogen and oxygen atoms in total. The number of carbonyl (C=O) groups excluding carboxylic acids is 2. The quantitative estimate of drug-likeness (QED) is 0.546. The maximum absolute atomic E-state index is 11.6. The fourth-order valence-electron chi connectivity index (χ4n) is 2.67. The van der Waals surface area contributed by atoms with E-state index in [1.807, 2.05) is 0 Å². The van der Waals surface area contributed by atoms with Gasteiger partial charge in [0, 0.05) is 19.5 Å². The molecular formula is C13H23N3O4. The molecule has 0 saturated heterocycles. The van der Waals surface area contributed by atoms with E-state index in [9.17, 15) is 14.4 Å². The van der Waals surface area contributed by atoms with E-state index in [0.717, 1.165) is 32.1 Å². The number of rotatable bonds is 7. The molecular weight excluding hydrogens is 262 g/mol. The van der Waals surface area contributed by atoms with Crippen LogP contribution >= 0.6 is 0 Å². The van der Waals surface area contributed by atoms with Gasteiger partial charge in [-0.3, -0.25) is 9.59 Å². The van der Waals surface area contributed by atoms with Crippen LogP contribution in [0.3, 0.4) is 0 Å². The number of amides is 3. The van der Waals surface area contributed by atoms with E-state index in [0.29, 0.717) is 6.54 Å². The molecule has 20 heavy (non-hydrogen) atoms. The second kappa shape index (κ2) is 7.72. The molecule has 1 rings (SSSR count). The topological polar surface area (TPSA) is 122 Å². The van der Waals surface area contributed by atoms with Crippen LogP contribution in [0.4, 0.5) is 4.79 Å². The van der Waals surface area contributed by atoms with Gasteiger partial charge in [-0.2, -0.15) is 0 Å². The molecule has 0 atom stereocenters. The Morgan fingerprint density at radius 1 is 1.10 bits per heavy atom. The minimum atomic E-state index is -0.831. The van der Waals surface area contributed by atoms with E-state index in [2.05, 4.69) is 10.6 Å². The highest BCUT2D eigenvalue weighted by Gasteiger charge is 2.34. The van der Waals surface area contributed by atoms with Crippen LogP contribution in [0, 0.1) is 5.41 Å². The Bertz CT molecular complexity index is 365. The summed E-state index contributed by atoms with van der Waals surface area (Å²) in [7, 11) is 0. The molecule has 5 N–H and O–H groups in total. The third-order valence-corrected chi connectivity index (χ3v) is 3.72. The van der Waals surface area contributed by atoms with Gasteiger partial charge in [-0.05, 0) is 18.3 Å². The third kappa shape index (κ3) is 5.90. The standard InChI is InChI=1S/C13H23N3O4/c14-10(17)4-7-15-12(20)16-9-13(8-11(18)19)5-2-1-3-6-13/h1-9H2,(H2,14,17)(H,18,19)(H2,15,16,20). The van der Waals surface area contributed by atoms with Crippen LogP contribution in [0.5, 0.6) is 0 Å². The predicted octanol–water partition coefficient (Wildman–Crippen LogP) is 0.586. The molecule has 0 aromatic rings. The van der Waals surface area contributed by atoms with Gasteiger partial charge in [0.15, 0.2) is 0 Å². The fourth-order valence-corrected chi connectivity index (χ4v) is 2.67. The average molecular weight is 285 g/mol. The molecule has 1 fully saturated rings. The molecule has 7 heteroatoms. The SMILES string of the molecule is NC(=O)CCNC(=O)NCC1(CC(=O)O)CCCCC1. The molecule has 1 aliphatic rings. The molecule has 0 heterocycles. The summed E-state index contributed by atoms with van der Waals surface area (Å²) in [6.45, 7) is 0.537. The van der Waals surface area contributed by atoms with Crippen LogP contribution in [-0.4, -0.2) is 36.1 Å². The number of nitrogens with two attached hydrogens (primary N) is 1. The lowest BCUT2D eigenvalue weighted by atomic mass is 9.72. The zero-order valence-electron chi connectivity index (χ0n) is 11.6. The van der Waals surface area contributed by atoms with Crippen molar-refractivity contribution in [2.75, 3.05) is 13.1 Å². The van der Waals surface area contributed by atoms with E-state index < -0.39 is 11.9 Å². The number of hydrogen-bond donors (Lipinski definition) is 4.